The first-order chi connectivity index (χ1) is 9.52. The number of nitrogens with zero attached hydrogens (tertiary/aromatic N) is 3. The van der Waals surface area contributed by atoms with Crippen molar-refractivity contribution in [1.29, 1.82) is 0 Å². The zero-order valence-electron chi connectivity index (χ0n) is 11.9. The first-order valence-electron chi connectivity index (χ1n) is 6.54. The summed E-state index contributed by atoms with van der Waals surface area (Å²) in [6, 6.07) is 5.12. The van der Waals surface area contributed by atoms with Crippen molar-refractivity contribution in [1.82, 2.24) is 14.8 Å². The second-order valence-electron chi connectivity index (χ2n) is 4.93. The van der Waals surface area contributed by atoms with E-state index < -0.39 is 0 Å². The second-order valence-corrected chi connectivity index (χ2v) is 5.87. The molecule has 1 heterocycles. The molecular formula is C14H19FN4S. The number of benzene rings is 1. The van der Waals surface area contributed by atoms with Gasteiger partial charge in [0.05, 0.1) is 6.54 Å². The number of rotatable bonds is 5. The smallest absolute Gasteiger partial charge is 0.191 e. The zero-order valence-corrected chi connectivity index (χ0v) is 12.7. The van der Waals surface area contributed by atoms with Crippen LogP contribution in [0.4, 0.5) is 4.39 Å². The minimum Gasteiger partial charge on any atom is -0.324 e. The number of hydrogen-bond donors (Lipinski definition) is 1. The molecular weight excluding hydrogens is 275 g/mol. The molecule has 0 saturated heterocycles. The van der Waals surface area contributed by atoms with Crippen molar-refractivity contribution in [3.63, 3.8) is 0 Å². The Balaban J connectivity index is 2.17. The molecule has 0 fully saturated rings. The van der Waals surface area contributed by atoms with Gasteiger partial charge in [-0.2, -0.15) is 0 Å². The van der Waals surface area contributed by atoms with E-state index in [9.17, 15) is 4.39 Å². The fourth-order valence-corrected chi connectivity index (χ4v) is 3.19. The third-order valence-corrected chi connectivity index (χ3v) is 4.09. The maximum Gasteiger partial charge on any atom is 0.191 e. The molecule has 1 aromatic carbocycles. The highest BCUT2D eigenvalue weighted by molar-refractivity contribution is 7.98. The van der Waals surface area contributed by atoms with Crippen LogP contribution in [0.2, 0.25) is 0 Å². The average molecular weight is 294 g/mol. The lowest BCUT2D eigenvalue weighted by Crippen LogP contribution is -2.11. The standard InChI is InChI=1S/C14H19FN4S/c1-9(2)19-13(7-16)17-18-14(19)20-8-11-4-5-12(15)6-10(11)3/h4-6,9H,7-8,16H2,1-3H3. The van der Waals surface area contributed by atoms with E-state index in [1.165, 1.54) is 6.07 Å². The zero-order chi connectivity index (χ0) is 14.7. The summed E-state index contributed by atoms with van der Waals surface area (Å²) in [5.41, 5.74) is 7.73. The monoisotopic (exact) mass is 294 g/mol. The molecule has 0 aliphatic carbocycles. The van der Waals surface area contributed by atoms with Crippen molar-refractivity contribution < 1.29 is 4.39 Å². The Bertz CT molecular complexity index is 595. The third-order valence-electron chi connectivity index (χ3n) is 3.10. The van der Waals surface area contributed by atoms with E-state index in [-0.39, 0.29) is 11.9 Å². The fraction of sp³-hybridized carbons (Fsp3) is 0.429. The summed E-state index contributed by atoms with van der Waals surface area (Å²) in [4.78, 5) is 0. The van der Waals surface area contributed by atoms with Crippen LogP contribution in [0.1, 0.15) is 36.8 Å². The maximum absolute atomic E-state index is 13.1. The molecule has 4 nitrogen and oxygen atoms in total. The summed E-state index contributed by atoms with van der Waals surface area (Å²) in [7, 11) is 0. The highest BCUT2D eigenvalue weighted by atomic mass is 32.2. The molecule has 0 spiro atoms. The van der Waals surface area contributed by atoms with E-state index in [2.05, 4.69) is 24.0 Å². The van der Waals surface area contributed by atoms with E-state index >= 15 is 0 Å². The third kappa shape index (κ3) is 3.19. The molecule has 0 bridgehead atoms. The van der Waals surface area contributed by atoms with E-state index in [0.717, 1.165) is 27.9 Å². The van der Waals surface area contributed by atoms with Crippen molar-refractivity contribution in [2.24, 2.45) is 5.73 Å². The van der Waals surface area contributed by atoms with Crippen LogP contribution in [0, 0.1) is 12.7 Å². The van der Waals surface area contributed by atoms with Gasteiger partial charge in [-0.1, -0.05) is 17.8 Å². The Labute approximate surface area is 122 Å². The number of thioether (sulfide) groups is 1. The van der Waals surface area contributed by atoms with Crippen LogP contribution in [0.3, 0.4) is 0 Å². The van der Waals surface area contributed by atoms with Crippen LogP contribution in [0.25, 0.3) is 0 Å². The SMILES string of the molecule is Cc1cc(F)ccc1CSc1nnc(CN)n1C(C)C. The van der Waals surface area contributed by atoms with Crippen molar-refractivity contribution in [3.8, 4) is 0 Å². The number of aromatic nitrogens is 3. The largest absolute Gasteiger partial charge is 0.324 e. The molecule has 0 radical (unpaired) electrons. The summed E-state index contributed by atoms with van der Waals surface area (Å²) in [6.07, 6.45) is 0. The molecule has 2 aromatic rings. The first kappa shape index (κ1) is 15.0. The van der Waals surface area contributed by atoms with E-state index in [1.807, 2.05) is 17.6 Å². The molecule has 6 heteroatoms. The summed E-state index contributed by atoms with van der Waals surface area (Å²) < 4.78 is 15.1. The van der Waals surface area contributed by atoms with Crippen LogP contribution in [-0.4, -0.2) is 14.8 Å². The average Bonchev–Trinajstić information content (AvgIpc) is 2.80. The first-order valence-corrected chi connectivity index (χ1v) is 7.53. The lowest BCUT2D eigenvalue weighted by molar-refractivity contribution is 0.526. The Morgan fingerprint density at radius 1 is 1.35 bits per heavy atom. The molecule has 0 aliphatic rings. The van der Waals surface area contributed by atoms with Gasteiger partial charge in [-0.25, -0.2) is 4.39 Å². The van der Waals surface area contributed by atoms with E-state index in [1.54, 1.807) is 17.8 Å². The molecule has 2 rings (SSSR count). The highest BCUT2D eigenvalue weighted by Crippen LogP contribution is 2.26. The maximum atomic E-state index is 13.1. The molecule has 0 unspecified atom stereocenters. The van der Waals surface area contributed by atoms with E-state index in [0.29, 0.717) is 6.54 Å². The number of hydrogen-bond acceptors (Lipinski definition) is 4. The quantitative estimate of drug-likeness (QED) is 0.861. The molecule has 2 N–H and O–H groups in total. The minimum atomic E-state index is -0.202. The predicted molar refractivity (Wildman–Crippen MR) is 79.0 cm³/mol. The summed E-state index contributed by atoms with van der Waals surface area (Å²) in [5.74, 6) is 1.33. The van der Waals surface area contributed by atoms with Gasteiger partial charge in [-0.3, -0.25) is 0 Å². The summed E-state index contributed by atoms with van der Waals surface area (Å²) >= 11 is 1.60. The molecule has 0 aliphatic heterocycles. The highest BCUT2D eigenvalue weighted by Gasteiger charge is 2.14. The number of halogens is 1. The Morgan fingerprint density at radius 3 is 2.70 bits per heavy atom. The van der Waals surface area contributed by atoms with Crippen LogP contribution < -0.4 is 5.73 Å². The normalized spacial score (nSPS) is 11.3. The van der Waals surface area contributed by atoms with Crippen molar-refractivity contribution in [2.75, 3.05) is 0 Å². The molecule has 0 atom stereocenters. The topological polar surface area (TPSA) is 56.7 Å². The van der Waals surface area contributed by atoms with Gasteiger partial charge in [0.2, 0.25) is 0 Å². The summed E-state index contributed by atoms with van der Waals surface area (Å²) in [5, 5.41) is 9.16. The molecule has 20 heavy (non-hydrogen) atoms. The lowest BCUT2D eigenvalue weighted by atomic mass is 10.1. The predicted octanol–water partition coefficient (Wildman–Crippen LogP) is 3.06. The van der Waals surface area contributed by atoms with Crippen molar-refractivity contribution in [2.45, 2.75) is 44.3 Å². The number of aryl methyl sites for hydroxylation is 1. The van der Waals surface area contributed by atoms with Crippen molar-refractivity contribution in [3.05, 3.63) is 41.0 Å². The molecule has 0 saturated carbocycles. The molecule has 1 aromatic heterocycles. The van der Waals surface area contributed by atoms with Gasteiger partial charge >= 0.3 is 0 Å². The Hall–Kier alpha value is -1.40. The van der Waals surface area contributed by atoms with Crippen LogP contribution in [-0.2, 0) is 12.3 Å². The van der Waals surface area contributed by atoms with Gasteiger partial charge in [0.1, 0.15) is 11.6 Å². The number of nitrogens with two attached hydrogens (primary N) is 1. The van der Waals surface area contributed by atoms with Gasteiger partial charge < -0.3 is 10.3 Å². The van der Waals surface area contributed by atoms with Crippen LogP contribution in [0.15, 0.2) is 23.4 Å². The van der Waals surface area contributed by atoms with Crippen LogP contribution >= 0.6 is 11.8 Å². The summed E-state index contributed by atoms with van der Waals surface area (Å²) in [6.45, 7) is 6.45. The minimum absolute atomic E-state index is 0.202. The van der Waals surface area contributed by atoms with Gasteiger partial charge in [-0.05, 0) is 44.0 Å². The van der Waals surface area contributed by atoms with Gasteiger partial charge in [0.15, 0.2) is 5.16 Å². The molecule has 108 valence electrons. The second kappa shape index (κ2) is 6.37. The Morgan fingerprint density at radius 2 is 2.10 bits per heavy atom. The lowest BCUT2D eigenvalue weighted by Gasteiger charge is -2.13. The van der Waals surface area contributed by atoms with Gasteiger partial charge in [-0.15, -0.1) is 10.2 Å². The van der Waals surface area contributed by atoms with E-state index in [4.69, 9.17) is 5.73 Å². The Kier molecular flexibility index (Phi) is 4.77. The van der Waals surface area contributed by atoms with Gasteiger partial charge in [0.25, 0.3) is 0 Å². The molecule has 0 amide bonds. The van der Waals surface area contributed by atoms with Crippen LogP contribution in [0.5, 0.6) is 0 Å². The fourth-order valence-electron chi connectivity index (χ4n) is 2.03. The van der Waals surface area contributed by atoms with Crippen molar-refractivity contribution >= 4 is 11.8 Å². The van der Waals surface area contributed by atoms with Gasteiger partial charge in [0, 0.05) is 11.8 Å².